The summed E-state index contributed by atoms with van der Waals surface area (Å²) in [5.41, 5.74) is 0.105. The van der Waals surface area contributed by atoms with Gasteiger partial charge in [0.25, 0.3) is 0 Å². The number of amides is 2. The summed E-state index contributed by atoms with van der Waals surface area (Å²) in [5.74, 6) is 0.483. The van der Waals surface area contributed by atoms with Crippen LogP contribution < -0.4 is 0 Å². The second-order valence-electron chi connectivity index (χ2n) is 8.28. The van der Waals surface area contributed by atoms with Gasteiger partial charge in [0.2, 0.25) is 11.8 Å². The lowest BCUT2D eigenvalue weighted by Crippen LogP contribution is -2.57. The van der Waals surface area contributed by atoms with Crippen molar-refractivity contribution in [3.8, 4) is 0 Å². The Hall–Kier alpha value is -1.10. The van der Waals surface area contributed by atoms with E-state index in [1.165, 1.54) is 12.8 Å². The van der Waals surface area contributed by atoms with Crippen LogP contribution in [0.1, 0.15) is 52.4 Å². The number of carbonyl (C=O) groups excluding carboxylic acids is 2. The summed E-state index contributed by atoms with van der Waals surface area (Å²) in [6, 6.07) is 0.906. The summed E-state index contributed by atoms with van der Waals surface area (Å²) in [7, 11) is 0. The smallest absolute Gasteiger partial charge is 0.237 e. The van der Waals surface area contributed by atoms with Gasteiger partial charge in [-0.1, -0.05) is 6.92 Å². The van der Waals surface area contributed by atoms with Gasteiger partial charge in [-0.2, -0.15) is 0 Å². The van der Waals surface area contributed by atoms with E-state index in [4.69, 9.17) is 0 Å². The van der Waals surface area contributed by atoms with Gasteiger partial charge in [-0.05, 0) is 51.6 Å². The first-order chi connectivity index (χ1) is 11.0. The summed E-state index contributed by atoms with van der Waals surface area (Å²) >= 11 is 0. The fourth-order valence-electron chi connectivity index (χ4n) is 5.93. The topological polar surface area (TPSA) is 43.9 Å². The van der Waals surface area contributed by atoms with Gasteiger partial charge in [-0.25, -0.2) is 0 Å². The van der Waals surface area contributed by atoms with Crippen molar-refractivity contribution in [1.82, 2.24) is 14.7 Å². The van der Waals surface area contributed by atoms with Crippen LogP contribution in [-0.4, -0.2) is 70.8 Å². The van der Waals surface area contributed by atoms with E-state index in [0.717, 1.165) is 45.3 Å². The predicted octanol–water partition coefficient (Wildman–Crippen LogP) is 1.47. The standard InChI is InChI=1S/C18H29N3O2/c1-13(22)20-11-14-10-18(2)15(20)6-5-7-16(18)21(14)17(23)12-19-8-3-4-9-19/h14-16H,3-12H2,1-2H3/t14-,15+,16-,18+/m0/s1. The molecular weight excluding hydrogens is 290 g/mol. The van der Waals surface area contributed by atoms with Gasteiger partial charge in [0, 0.05) is 31.0 Å². The lowest BCUT2D eigenvalue weighted by Gasteiger charge is -2.49. The maximum absolute atomic E-state index is 13.0. The quantitative estimate of drug-likeness (QED) is 0.774. The molecule has 4 rings (SSSR count). The SMILES string of the molecule is CC(=O)N1C[C@@H]2C[C@@]3(C)[C@H](CCC[C@@H]13)N2C(=O)CN1CCCC1. The van der Waals surface area contributed by atoms with Crippen LogP contribution in [0.15, 0.2) is 0 Å². The van der Waals surface area contributed by atoms with Crippen molar-refractivity contribution in [2.75, 3.05) is 26.2 Å². The fraction of sp³-hybridized carbons (Fsp3) is 0.889. The molecule has 1 saturated carbocycles. The van der Waals surface area contributed by atoms with Gasteiger partial charge < -0.3 is 9.80 Å². The summed E-state index contributed by atoms with van der Waals surface area (Å²) in [4.78, 5) is 31.7. The van der Waals surface area contributed by atoms with Gasteiger partial charge in [0.05, 0.1) is 12.6 Å². The lowest BCUT2D eigenvalue weighted by molar-refractivity contribution is -0.138. The zero-order chi connectivity index (χ0) is 16.2. The second-order valence-corrected chi connectivity index (χ2v) is 8.28. The van der Waals surface area contributed by atoms with Gasteiger partial charge >= 0.3 is 0 Å². The van der Waals surface area contributed by atoms with Crippen molar-refractivity contribution in [2.24, 2.45) is 5.41 Å². The molecule has 1 aliphatic carbocycles. The Labute approximate surface area is 139 Å². The van der Waals surface area contributed by atoms with E-state index < -0.39 is 0 Å². The number of hydrogen-bond donors (Lipinski definition) is 0. The van der Waals surface area contributed by atoms with Gasteiger partial charge in [-0.15, -0.1) is 0 Å². The molecule has 3 aliphatic heterocycles. The highest BCUT2D eigenvalue weighted by Crippen LogP contribution is 2.54. The van der Waals surface area contributed by atoms with E-state index >= 15 is 0 Å². The van der Waals surface area contributed by atoms with Crippen LogP contribution in [0.5, 0.6) is 0 Å². The minimum atomic E-state index is 0.105. The van der Waals surface area contributed by atoms with Gasteiger partial charge in [-0.3, -0.25) is 14.5 Å². The fourth-order valence-corrected chi connectivity index (χ4v) is 5.93. The Kier molecular flexibility index (Phi) is 3.67. The van der Waals surface area contributed by atoms with Crippen LogP contribution in [0.2, 0.25) is 0 Å². The molecule has 3 saturated heterocycles. The van der Waals surface area contributed by atoms with Crippen molar-refractivity contribution in [2.45, 2.75) is 70.5 Å². The molecule has 5 nitrogen and oxygen atoms in total. The number of likely N-dealkylation sites (tertiary alicyclic amines) is 3. The third-order valence-electron chi connectivity index (χ3n) is 6.92. The summed E-state index contributed by atoms with van der Waals surface area (Å²) in [5, 5.41) is 0. The molecule has 0 radical (unpaired) electrons. The Bertz CT molecular complexity index is 516. The molecule has 4 atom stereocenters. The molecule has 0 N–H and O–H groups in total. The molecule has 0 aromatic carbocycles. The molecule has 0 aromatic rings. The van der Waals surface area contributed by atoms with Crippen molar-refractivity contribution >= 4 is 11.8 Å². The minimum absolute atomic E-state index is 0.105. The third kappa shape index (κ3) is 2.31. The largest absolute Gasteiger partial charge is 0.337 e. The maximum Gasteiger partial charge on any atom is 0.237 e. The molecule has 128 valence electrons. The average Bonchev–Trinajstić information content (AvgIpc) is 3.09. The molecule has 0 aromatic heterocycles. The summed E-state index contributed by atoms with van der Waals surface area (Å²) < 4.78 is 0. The molecule has 0 unspecified atom stereocenters. The van der Waals surface area contributed by atoms with Crippen LogP contribution in [0.3, 0.4) is 0 Å². The van der Waals surface area contributed by atoms with Crippen LogP contribution in [0.25, 0.3) is 0 Å². The Morgan fingerprint density at radius 1 is 1.09 bits per heavy atom. The Morgan fingerprint density at radius 3 is 2.48 bits per heavy atom. The monoisotopic (exact) mass is 319 g/mol. The zero-order valence-corrected chi connectivity index (χ0v) is 14.5. The molecule has 3 heterocycles. The van der Waals surface area contributed by atoms with Crippen molar-refractivity contribution in [3.63, 3.8) is 0 Å². The molecule has 0 spiro atoms. The number of rotatable bonds is 2. The third-order valence-corrected chi connectivity index (χ3v) is 6.92. The molecular formula is C18H29N3O2. The zero-order valence-electron chi connectivity index (χ0n) is 14.5. The van der Waals surface area contributed by atoms with Gasteiger partial charge in [0.15, 0.2) is 0 Å². The highest BCUT2D eigenvalue weighted by Gasteiger charge is 2.61. The van der Waals surface area contributed by atoms with Crippen LogP contribution in [-0.2, 0) is 9.59 Å². The number of carbonyl (C=O) groups is 2. The van der Waals surface area contributed by atoms with E-state index in [1.54, 1.807) is 6.92 Å². The van der Waals surface area contributed by atoms with Crippen LogP contribution >= 0.6 is 0 Å². The highest BCUT2D eigenvalue weighted by atomic mass is 16.2. The lowest BCUT2D eigenvalue weighted by atomic mass is 9.66. The number of piperidine rings is 1. The number of fused-ring (bicyclic) bond motifs is 1. The van der Waals surface area contributed by atoms with E-state index in [9.17, 15) is 9.59 Å². The number of nitrogens with zero attached hydrogens (tertiary/aromatic N) is 3. The van der Waals surface area contributed by atoms with E-state index in [-0.39, 0.29) is 17.4 Å². The first-order valence-corrected chi connectivity index (χ1v) is 9.31. The van der Waals surface area contributed by atoms with Crippen molar-refractivity contribution < 1.29 is 9.59 Å². The second kappa shape index (κ2) is 5.47. The Balaban J connectivity index is 1.59. The van der Waals surface area contributed by atoms with Crippen molar-refractivity contribution in [1.29, 1.82) is 0 Å². The van der Waals surface area contributed by atoms with E-state index in [2.05, 4.69) is 21.6 Å². The first-order valence-electron chi connectivity index (χ1n) is 9.31. The van der Waals surface area contributed by atoms with E-state index in [1.807, 2.05) is 0 Å². The molecule has 5 heteroatoms. The van der Waals surface area contributed by atoms with Gasteiger partial charge in [0.1, 0.15) is 0 Å². The molecule has 2 amide bonds. The molecule has 4 aliphatic rings. The average molecular weight is 319 g/mol. The highest BCUT2D eigenvalue weighted by molar-refractivity contribution is 5.80. The number of hydrogen-bond acceptors (Lipinski definition) is 3. The predicted molar refractivity (Wildman–Crippen MR) is 87.8 cm³/mol. The molecule has 23 heavy (non-hydrogen) atoms. The van der Waals surface area contributed by atoms with Crippen LogP contribution in [0, 0.1) is 5.41 Å². The molecule has 2 bridgehead atoms. The summed E-state index contributed by atoms with van der Waals surface area (Å²) in [6.45, 7) is 7.47. The first kappa shape index (κ1) is 15.4. The maximum atomic E-state index is 13.0. The van der Waals surface area contributed by atoms with Crippen LogP contribution in [0.4, 0.5) is 0 Å². The molecule has 4 fully saturated rings. The summed E-state index contributed by atoms with van der Waals surface area (Å²) in [6.07, 6.45) is 6.87. The van der Waals surface area contributed by atoms with Crippen molar-refractivity contribution in [3.05, 3.63) is 0 Å². The minimum Gasteiger partial charge on any atom is -0.337 e. The normalized spacial score (nSPS) is 39.8. The van der Waals surface area contributed by atoms with E-state index in [0.29, 0.717) is 24.5 Å². The Morgan fingerprint density at radius 2 is 1.78 bits per heavy atom.